The third kappa shape index (κ3) is 4.56. The number of phenolic OH excluding ortho intramolecular Hbond substituents is 3. The standard InChI is InChI=1S/C17H17NO4/c19-14-5-1-12(2-6-14)9-10-18-17(22)8-4-13-3-7-15(20)16(21)11-13/h1-8,11,19-21H,9-10H2,(H,18,22)/b8-4-. The lowest BCUT2D eigenvalue weighted by Crippen LogP contribution is -2.23. The summed E-state index contributed by atoms with van der Waals surface area (Å²) >= 11 is 0. The van der Waals surface area contributed by atoms with Gasteiger partial charge in [0.15, 0.2) is 11.5 Å². The molecule has 5 nitrogen and oxygen atoms in total. The molecule has 0 radical (unpaired) electrons. The number of benzene rings is 2. The van der Waals surface area contributed by atoms with Crippen LogP contribution in [0.4, 0.5) is 0 Å². The highest BCUT2D eigenvalue weighted by atomic mass is 16.3. The van der Waals surface area contributed by atoms with Crippen LogP contribution in [0, 0.1) is 0 Å². The Morgan fingerprint density at radius 3 is 2.41 bits per heavy atom. The summed E-state index contributed by atoms with van der Waals surface area (Å²) in [4.78, 5) is 11.7. The van der Waals surface area contributed by atoms with E-state index in [4.69, 9.17) is 0 Å². The van der Waals surface area contributed by atoms with Crippen LogP contribution in [0.25, 0.3) is 6.08 Å². The van der Waals surface area contributed by atoms with Crippen LogP contribution in [0.5, 0.6) is 17.2 Å². The van der Waals surface area contributed by atoms with Crippen molar-refractivity contribution in [1.82, 2.24) is 5.32 Å². The number of aromatic hydroxyl groups is 3. The lowest BCUT2D eigenvalue weighted by Gasteiger charge is -2.03. The zero-order valence-electron chi connectivity index (χ0n) is 11.9. The Morgan fingerprint density at radius 1 is 1.00 bits per heavy atom. The molecule has 0 bridgehead atoms. The molecule has 22 heavy (non-hydrogen) atoms. The molecule has 0 aliphatic rings. The van der Waals surface area contributed by atoms with Crippen molar-refractivity contribution < 1.29 is 20.1 Å². The molecular weight excluding hydrogens is 282 g/mol. The summed E-state index contributed by atoms with van der Waals surface area (Å²) in [5.41, 5.74) is 1.63. The number of rotatable bonds is 5. The number of carbonyl (C=O) groups excluding carboxylic acids is 1. The van der Waals surface area contributed by atoms with E-state index < -0.39 is 0 Å². The summed E-state index contributed by atoms with van der Waals surface area (Å²) in [5.74, 6) is -0.454. The van der Waals surface area contributed by atoms with Crippen LogP contribution in [0.3, 0.4) is 0 Å². The highest BCUT2D eigenvalue weighted by molar-refractivity contribution is 5.91. The largest absolute Gasteiger partial charge is 0.508 e. The molecular formula is C17H17NO4. The van der Waals surface area contributed by atoms with E-state index in [2.05, 4.69) is 5.32 Å². The smallest absolute Gasteiger partial charge is 0.244 e. The summed E-state index contributed by atoms with van der Waals surface area (Å²) in [6, 6.07) is 11.1. The van der Waals surface area contributed by atoms with Crippen molar-refractivity contribution in [1.29, 1.82) is 0 Å². The third-order valence-corrected chi connectivity index (χ3v) is 3.08. The fraction of sp³-hybridized carbons (Fsp3) is 0.118. The average molecular weight is 299 g/mol. The molecule has 4 N–H and O–H groups in total. The molecule has 0 fully saturated rings. The predicted molar refractivity (Wildman–Crippen MR) is 83.6 cm³/mol. The van der Waals surface area contributed by atoms with Gasteiger partial charge in [-0.3, -0.25) is 4.79 Å². The number of hydrogen-bond acceptors (Lipinski definition) is 4. The zero-order chi connectivity index (χ0) is 15.9. The van der Waals surface area contributed by atoms with Gasteiger partial charge in [0.1, 0.15) is 5.75 Å². The van der Waals surface area contributed by atoms with Crippen molar-refractivity contribution in [2.24, 2.45) is 0 Å². The van der Waals surface area contributed by atoms with E-state index in [0.29, 0.717) is 18.5 Å². The van der Waals surface area contributed by atoms with E-state index in [0.717, 1.165) is 5.56 Å². The minimum absolute atomic E-state index is 0.199. The van der Waals surface area contributed by atoms with Crippen LogP contribution >= 0.6 is 0 Å². The SMILES string of the molecule is O=C(/C=C\c1ccc(O)c(O)c1)NCCc1ccc(O)cc1. The van der Waals surface area contributed by atoms with Crippen LogP contribution in [-0.2, 0) is 11.2 Å². The van der Waals surface area contributed by atoms with Gasteiger partial charge >= 0.3 is 0 Å². The number of nitrogens with one attached hydrogen (secondary N) is 1. The van der Waals surface area contributed by atoms with E-state index in [-0.39, 0.29) is 23.2 Å². The molecule has 114 valence electrons. The topological polar surface area (TPSA) is 89.8 Å². The van der Waals surface area contributed by atoms with Gasteiger partial charge in [0.25, 0.3) is 0 Å². The van der Waals surface area contributed by atoms with E-state index in [1.807, 2.05) is 0 Å². The molecule has 0 saturated heterocycles. The first-order valence-corrected chi connectivity index (χ1v) is 6.80. The fourth-order valence-electron chi connectivity index (χ4n) is 1.87. The van der Waals surface area contributed by atoms with E-state index >= 15 is 0 Å². The first-order valence-electron chi connectivity index (χ1n) is 6.80. The van der Waals surface area contributed by atoms with Crippen LogP contribution in [0.1, 0.15) is 11.1 Å². The summed E-state index contributed by atoms with van der Waals surface area (Å²) in [6.45, 7) is 0.481. The molecule has 1 amide bonds. The van der Waals surface area contributed by atoms with Gasteiger partial charge in [-0.1, -0.05) is 18.2 Å². The van der Waals surface area contributed by atoms with E-state index in [1.165, 1.54) is 18.2 Å². The van der Waals surface area contributed by atoms with Crippen LogP contribution < -0.4 is 5.32 Å². The van der Waals surface area contributed by atoms with Gasteiger partial charge < -0.3 is 20.6 Å². The maximum absolute atomic E-state index is 11.7. The number of hydrogen-bond donors (Lipinski definition) is 4. The molecule has 0 spiro atoms. The third-order valence-electron chi connectivity index (χ3n) is 3.08. The molecule has 0 aliphatic heterocycles. The van der Waals surface area contributed by atoms with Gasteiger partial charge in [-0.05, 0) is 47.9 Å². The van der Waals surface area contributed by atoms with E-state index in [9.17, 15) is 20.1 Å². The Hall–Kier alpha value is -2.95. The van der Waals surface area contributed by atoms with Crippen molar-refractivity contribution in [3.05, 3.63) is 59.7 Å². The van der Waals surface area contributed by atoms with Crippen molar-refractivity contribution >= 4 is 12.0 Å². The Bertz CT molecular complexity index is 678. The van der Waals surface area contributed by atoms with Gasteiger partial charge in [0, 0.05) is 12.6 Å². The zero-order valence-corrected chi connectivity index (χ0v) is 11.9. The van der Waals surface area contributed by atoms with Gasteiger partial charge in [0.2, 0.25) is 5.91 Å². The molecule has 0 aromatic heterocycles. The predicted octanol–water partition coefficient (Wildman–Crippen LogP) is 2.18. The second-order valence-corrected chi connectivity index (χ2v) is 4.79. The number of amides is 1. The van der Waals surface area contributed by atoms with Crippen molar-refractivity contribution in [3.63, 3.8) is 0 Å². The minimum Gasteiger partial charge on any atom is -0.508 e. The van der Waals surface area contributed by atoms with Crippen LogP contribution in [-0.4, -0.2) is 27.8 Å². The lowest BCUT2D eigenvalue weighted by atomic mass is 10.1. The molecule has 2 aromatic carbocycles. The summed E-state index contributed by atoms with van der Waals surface area (Å²) in [6.07, 6.45) is 3.58. The molecule has 2 rings (SSSR count). The van der Waals surface area contributed by atoms with Gasteiger partial charge in [-0.15, -0.1) is 0 Å². The minimum atomic E-state index is -0.244. The Morgan fingerprint density at radius 2 is 1.73 bits per heavy atom. The second kappa shape index (κ2) is 7.17. The maximum atomic E-state index is 11.7. The monoisotopic (exact) mass is 299 g/mol. The molecule has 2 aromatic rings. The summed E-state index contributed by atoms with van der Waals surface area (Å²) < 4.78 is 0. The maximum Gasteiger partial charge on any atom is 0.244 e. The molecule has 0 saturated carbocycles. The molecule has 0 aliphatic carbocycles. The normalized spacial score (nSPS) is 10.7. The average Bonchev–Trinajstić information content (AvgIpc) is 2.50. The summed E-state index contributed by atoms with van der Waals surface area (Å²) in [7, 11) is 0. The van der Waals surface area contributed by atoms with Gasteiger partial charge in [-0.25, -0.2) is 0 Å². The quantitative estimate of drug-likeness (QED) is 0.503. The second-order valence-electron chi connectivity index (χ2n) is 4.79. The van der Waals surface area contributed by atoms with E-state index in [1.54, 1.807) is 36.4 Å². The van der Waals surface area contributed by atoms with Crippen molar-refractivity contribution in [2.45, 2.75) is 6.42 Å². The Labute approximate surface area is 128 Å². The van der Waals surface area contributed by atoms with Gasteiger partial charge in [-0.2, -0.15) is 0 Å². The summed E-state index contributed by atoms with van der Waals surface area (Å²) in [5, 5.41) is 30.5. The molecule has 0 unspecified atom stereocenters. The molecule has 0 heterocycles. The fourth-order valence-corrected chi connectivity index (χ4v) is 1.87. The first kappa shape index (κ1) is 15.4. The van der Waals surface area contributed by atoms with Crippen LogP contribution in [0.15, 0.2) is 48.5 Å². The Kier molecular flexibility index (Phi) is 5.03. The number of carbonyl (C=O) groups is 1. The van der Waals surface area contributed by atoms with Crippen molar-refractivity contribution in [3.8, 4) is 17.2 Å². The van der Waals surface area contributed by atoms with Gasteiger partial charge in [0.05, 0.1) is 0 Å². The Balaban J connectivity index is 1.81. The number of phenols is 3. The van der Waals surface area contributed by atoms with Crippen molar-refractivity contribution in [2.75, 3.05) is 6.54 Å². The highest BCUT2D eigenvalue weighted by Crippen LogP contribution is 2.25. The molecule has 0 atom stereocenters. The highest BCUT2D eigenvalue weighted by Gasteiger charge is 2.00. The lowest BCUT2D eigenvalue weighted by molar-refractivity contribution is -0.116. The molecule has 5 heteroatoms. The first-order chi connectivity index (χ1) is 10.5. The van der Waals surface area contributed by atoms with Crippen LogP contribution in [0.2, 0.25) is 0 Å².